The summed E-state index contributed by atoms with van der Waals surface area (Å²) in [6, 6.07) is 0.947. The Bertz CT molecular complexity index is 611. The highest BCUT2D eigenvalue weighted by Gasteiger charge is 2.12. The van der Waals surface area contributed by atoms with E-state index in [-0.39, 0.29) is 11.6 Å². The number of hydrogen-bond donors (Lipinski definition) is 3. The molecule has 0 saturated heterocycles. The van der Waals surface area contributed by atoms with E-state index >= 15 is 0 Å². The molecule has 0 saturated carbocycles. The molecule has 0 unspecified atom stereocenters. The first-order valence-electron chi connectivity index (χ1n) is 9.80. The molecule has 0 atom stereocenters. The van der Waals surface area contributed by atoms with E-state index in [1.54, 1.807) is 6.07 Å². The van der Waals surface area contributed by atoms with Crippen LogP contribution in [0.2, 0.25) is 0 Å². The molecule has 154 valence electrons. The van der Waals surface area contributed by atoms with E-state index in [2.05, 4.69) is 33.1 Å². The predicted molar refractivity (Wildman–Crippen MR) is 108 cm³/mol. The van der Waals surface area contributed by atoms with Gasteiger partial charge in [-0.3, -0.25) is 10.9 Å². The van der Waals surface area contributed by atoms with E-state index in [1.165, 1.54) is 57.5 Å². The van der Waals surface area contributed by atoms with Gasteiger partial charge in [-0.15, -0.1) is 0 Å². The van der Waals surface area contributed by atoms with E-state index in [9.17, 15) is 13.2 Å². The van der Waals surface area contributed by atoms with Crippen LogP contribution < -0.4 is 16.2 Å². The summed E-state index contributed by atoms with van der Waals surface area (Å²) in [5.41, 5.74) is 4.89. The van der Waals surface area contributed by atoms with Gasteiger partial charge in [0.1, 0.15) is 18.0 Å². The molecule has 8 nitrogen and oxygen atoms in total. The molecule has 27 heavy (non-hydrogen) atoms. The number of carbonyl (C=O) groups excluding carboxylic acids is 1. The minimum Gasteiger partial charge on any atom is -0.323 e. The third-order valence-corrected chi connectivity index (χ3v) is 5.64. The van der Waals surface area contributed by atoms with Crippen molar-refractivity contribution in [3.63, 3.8) is 0 Å². The molecule has 0 bridgehead atoms. The standard InChI is InChI=1S/C18H33N5O3S/c1-2-3-4-5-6-7-8-9-10-11-14-27(25,26)16-21-18(24)23-22-17-12-13-19-15-20-17/h12-13,15H,2-11,14,16H2,1H3,(H,19,20,22)(H2,21,23,24). The van der Waals surface area contributed by atoms with Crippen molar-refractivity contribution in [3.8, 4) is 0 Å². The normalized spacial score (nSPS) is 11.1. The average Bonchev–Trinajstić information content (AvgIpc) is 2.67. The number of anilines is 1. The van der Waals surface area contributed by atoms with E-state index in [4.69, 9.17) is 0 Å². The van der Waals surface area contributed by atoms with Crippen molar-refractivity contribution in [2.24, 2.45) is 0 Å². The quantitative estimate of drug-likeness (QED) is 0.308. The fourth-order valence-electron chi connectivity index (χ4n) is 2.59. The van der Waals surface area contributed by atoms with E-state index < -0.39 is 15.9 Å². The Morgan fingerprint density at radius 3 is 2.22 bits per heavy atom. The Kier molecular flexibility index (Phi) is 12.2. The molecule has 0 fully saturated rings. The molecular formula is C18H33N5O3S. The first kappa shape index (κ1) is 23.1. The lowest BCUT2D eigenvalue weighted by molar-refractivity contribution is 0.244. The third-order valence-electron chi connectivity index (χ3n) is 4.15. The van der Waals surface area contributed by atoms with Crippen molar-refractivity contribution in [1.82, 2.24) is 20.7 Å². The Morgan fingerprint density at radius 2 is 1.63 bits per heavy atom. The van der Waals surface area contributed by atoms with Gasteiger partial charge >= 0.3 is 6.03 Å². The molecule has 0 aliphatic heterocycles. The zero-order chi connectivity index (χ0) is 19.8. The number of rotatable bonds is 15. The summed E-state index contributed by atoms with van der Waals surface area (Å²) in [7, 11) is -3.29. The van der Waals surface area contributed by atoms with Crippen LogP contribution >= 0.6 is 0 Å². The van der Waals surface area contributed by atoms with Gasteiger partial charge in [-0.1, -0.05) is 64.7 Å². The summed E-state index contributed by atoms with van der Waals surface area (Å²) in [5.74, 6) is 0.138. The molecule has 0 spiro atoms. The van der Waals surface area contributed by atoms with E-state index in [1.807, 2.05) is 0 Å². The minimum absolute atomic E-state index is 0.100. The second kappa shape index (κ2) is 14.2. The van der Waals surface area contributed by atoms with Crippen molar-refractivity contribution in [2.45, 2.75) is 71.1 Å². The third kappa shape index (κ3) is 13.0. The number of sulfone groups is 1. The van der Waals surface area contributed by atoms with Crippen LogP contribution in [-0.2, 0) is 9.84 Å². The monoisotopic (exact) mass is 399 g/mol. The number of nitrogens with one attached hydrogen (secondary N) is 3. The number of amides is 2. The number of unbranched alkanes of at least 4 members (excludes halogenated alkanes) is 9. The summed E-state index contributed by atoms with van der Waals surface area (Å²) >= 11 is 0. The summed E-state index contributed by atoms with van der Waals surface area (Å²) in [5, 5.41) is 2.33. The Morgan fingerprint density at radius 1 is 1.00 bits per heavy atom. The Hall–Kier alpha value is -1.90. The van der Waals surface area contributed by atoms with Crippen molar-refractivity contribution >= 4 is 21.7 Å². The number of hydrogen-bond acceptors (Lipinski definition) is 6. The summed E-state index contributed by atoms with van der Waals surface area (Å²) in [6.07, 6.45) is 14.4. The van der Waals surface area contributed by atoms with Gasteiger partial charge in [0.25, 0.3) is 0 Å². The number of nitrogens with zero attached hydrogens (tertiary/aromatic N) is 2. The molecule has 3 N–H and O–H groups in total. The van der Waals surface area contributed by atoms with Crippen LogP contribution in [0, 0.1) is 0 Å². The van der Waals surface area contributed by atoms with Gasteiger partial charge in [0.2, 0.25) is 0 Å². The topological polar surface area (TPSA) is 113 Å². The summed E-state index contributed by atoms with van der Waals surface area (Å²) in [6.45, 7) is 2.22. The van der Waals surface area contributed by atoms with Crippen molar-refractivity contribution < 1.29 is 13.2 Å². The van der Waals surface area contributed by atoms with E-state index in [0.29, 0.717) is 12.2 Å². The fourth-order valence-corrected chi connectivity index (χ4v) is 3.73. The van der Waals surface area contributed by atoms with Crippen molar-refractivity contribution in [1.29, 1.82) is 0 Å². The largest absolute Gasteiger partial charge is 0.334 e. The lowest BCUT2D eigenvalue weighted by atomic mass is 10.1. The van der Waals surface area contributed by atoms with Crippen LogP contribution in [0.15, 0.2) is 18.6 Å². The highest BCUT2D eigenvalue weighted by atomic mass is 32.2. The molecule has 0 aliphatic rings. The molecular weight excluding hydrogens is 366 g/mol. The van der Waals surface area contributed by atoms with Crippen LogP contribution in [0.1, 0.15) is 71.1 Å². The number of aromatic nitrogens is 2. The first-order chi connectivity index (χ1) is 13.0. The zero-order valence-electron chi connectivity index (χ0n) is 16.2. The van der Waals surface area contributed by atoms with Gasteiger partial charge < -0.3 is 5.32 Å². The minimum atomic E-state index is -3.29. The molecule has 1 aromatic heterocycles. The Balaban J connectivity index is 2.02. The SMILES string of the molecule is CCCCCCCCCCCCS(=O)(=O)CNC(=O)NNc1ccncn1. The van der Waals surface area contributed by atoms with Gasteiger partial charge in [0, 0.05) is 12.3 Å². The highest BCUT2D eigenvalue weighted by Crippen LogP contribution is 2.11. The van der Waals surface area contributed by atoms with Crippen LogP contribution in [0.25, 0.3) is 0 Å². The second-order valence-electron chi connectivity index (χ2n) is 6.62. The predicted octanol–water partition coefficient (Wildman–Crippen LogP) is 3.40. The van der Waals surface area contributed by atoms with Gasteiger partial charge in [-0.05, 0) is 6.42 Å². The highest BCUT2D eigenvalue weighted by molar-refractivity contribution is 7.91. The second-order valence-corrected chi connectivity index (χ2v) is 8.81. The average molecular weight is 400 g/mol. The Labute approximate surface area is 162 Å². The zero-order valence-corrected chi connectivity index (χ0v) is 17.1. The maximum atomic E-state index is 12.0. The summed E-state index contributed by atoms with van der Waals surface area (Å²) in [4.78, 5) is 19.2. The summed E-state index contributed by atoms with van der Waals surface area (Å²) < 4.78 is 23.9. The van der Waals surface area contributed by atoms with Crippen LogP contribution in [0.4, 0.5) is 10.6 Å². The maximum Gasteiger partial charge on any atom is 0.334 e. The maximum absolute atomic E-state index is 12.0. The molecule has 0 radical (unpaired) electrons. The van der Waals surface area contributed by atoms with Gasteiger partial charge in [0.15, 0.2) is 9.84 Å². The number of hydrazine groups is 1. The van der Waals surface area contributed by atoms with Crippen LogP contribution in [0.5, 0.6) is 0 Å². The van der Waals surface area contributed by atoms with Crippen LogP contribution in [-0.4, -0.2) is 36.0 Å². The molecule has 0 aliphatic carbocycles. The lowest BCUT2D eigenvalue weighted by Gasteiger charge is -2.09. The van der Waals surface area contributed by atoms with Crippen molar-refractivity contribution in [3.05, 3.63) is 18.6 Å². The van der Waals surface area contributed by atoms with Crippen molar-refractivity contribution in [2.75, 3.05) is 17.1 Å². The first-order valence-corrected chi connectivity index (χ1v) is 11.6. The molecule has 9 heteroatoms. The number of urea groups is 1. The van der Waals surface area contributed by atoms with Gasteiger partial charge in [-0.25, -0.2) is 23.2 Å². The molecule has 0 aromatic carbocycles. The molecule has 1 aromatic rings. The van der Waals surface area contributed by atoms with Crippen LogP contribution in [0.3, 0.4) is 0 Å². The van der Waals surface area contributed by atoms with Gasteiger partial charge in [-0.2, -0.15) is 0 Å². The van der Waals surface area contributed by atoms with Gasteiger partial charge in [0.05, 0.1) is 5.75 Å². The lowest BCUT2D eigenvalue weighted by Crippen LogP contribution is -2.41. The van der Waals surface area contributed by atoms with E-state index in [0.717, 1.165) is 12.8 Å². The molecule has 2 amide bonds. The number of carbonyl (C=O) groups is 1. The molecule has 1 rings (SSSR count). The smallest absolute Gasteiger partial charge is 0.323 e. The fraction of sp³-hybridized carbons (Fsp3) is 0.722. The molecule has 1 heterocycles.